The normalized spacial score (nSPS) is 17.1. The van der Waals surface area contributed by atoms with E-state index in [9.17, 15) is 14.3 Å². The highest BCUT2D eigenvalue weighted by atomic mass is 32.2. The number of carbonyl (C=O) groups is 1. The molecule has 1 aliphatic carbocycles. The molecule has 29 heavy (non-hydrogen) atoms. The molecule has 1 N–H and O–H groups in total. The fraction of sp³-hybridized carbons (Fsp3) is 0.400. The van der Waals surface area contributed by atoms with Crippen LogP contribution in [0.1, 0.15) is 55.4 Å². The van der Waals surface area contributed by atoms with E-state index < -0.39 is 0 Å². The number of aliphatic hydroxyl groups is 1. The van der Waals surface area contributed by atoms with Crippen molar-refractivity contribution in [2.75, 3.05) is 5.75 Å². The summed E-state index contributed by atoms with van der Waals surface area (Å²) < 4.78 is 13.8. The van der Waals surface area contributed by atoms with E-state index in [1.54, 1.807) is 12.1 Å². The van der Waals surface area contributed by atoms with E-state index in [1.807, 2.05) is 6.07 Å². The molecule has 0 saturated heterocycles. The minimum atomic E-state index is -0.208. The molecule has 0 saturated carbocycles. The summed E-state index contributed by atoms with van der Waals surface area (Å²) in [5.41, 5.74) is 4.92. The summed E-state index contributed by atoms with van der Waals surface area (Å²) in [6.07, 6.45) is 3.39. The molecule has 0 aromatic heterocycles. The van der Waals surface area contributed by atoms with Crippen molar-refractivity contribution in [3.8, 4) is 0 Å². The maximum Gasteiger partial charge on any atom is 0.167 e. The van der Waals surface area contributed by atoms with Crippen LogP contribution in [0.2, 0.25) is 0 Å². The monoisotopic (exact) mass is 412 g/mol. The highest BCUT2D eigenvalue weighted by Gasteiger charge is 2.30. The molecule has 2 aromatic carbocycles. The van der Waals surface area contributed by atoms with E-state index in [4.69, 9.17) is 0 Å². The van der Waals surface area contributed by atoms with Gasteiger partial charge in [0.25, 0.3) is 0 Å². The van der Waals surface area contributed by atoms with Crippen LogP contribution in [0.15, 0.2) is 47.1 Å². The number of Topliss-reactive ketones (excluding diaryl/α,β-unsaturated/α-hetero) is 1. The van der Waals surface area contributed by atoms with Gasteiger partial charge in [0, 0.05) is 17.7 Å². The predicted octanol–water partition coefficient (Wildman–Crippen LogP) is 6.69. The van der Waals surface area contributed by atoms with Crippen molar-refractivity contribution >= 4 is 23.1 Å². The lowest BCUT2D eigenvalue weighted by Gasteiger charge is -2.26. The number of rotatable bonds is 7. The Kier molecular flexibility index (Phi) is 7.18. The van der Waals surface area contributed by atoms with Gasteiger partial charge in [-0.3, -0.25) is 4.79 Å². The average molecular weight is 413 g/mol. The second kappa shape index (κ2) is 9.62. The minimum Gasteiger partial charge on any atom is -0.512 e. The van der Waals surface area contributed by atoms with Gasteiger partial charge in [0.2, 0.25) is 0 Å². The largest absolute Gasteiger partial charge is 0.512 e. The molecule has 0 aliphatic heterocycles. The summed E-state index contributed by atoms with van der Waals surface area (Å²) in [5, 5.41) is 10.8. The van der Waals surface area contributed by atoms with Gasteiger partial charge in [0.15, 0.2) is 5.78 Å². The van der Waals surface area contributed by atoms with E-state index >= 15 is 0 Å². The van der Waals surface area contributed by atoms with Gasteiger partial charge in [-0.1, -0.05) is 43.7 Å². The first-order valence-electron chi connectivity index (χ1n) is 10.4. The highest BCUT2D eigenvalue weighted by molar-refractivity contribution is 7.99. The first kappa shape index (κ1) is 21.6. The molecule has 1 unspecified atom stereocenters. The number of allylic oxidation sites excluding steroid dienone is 2. The third kappa shape index (κ3) is 4.92. The van der Waals surface area contributed by atoms with Gasteiger partial charge < -0.3 is 5.11 Å². The molecule has 0 amide bonds. The Morgan fingerprint density at radius 1 is 1.10 bits per heavy atom. The van der Waals surface area contributed by atoms with Crippen LogP contribution in [0.4, 0.5) is 4.39 Å². The molecule has 1 aliphatic rings. The van der Waals surface area contributed by atoms with Crippen LogP contribution in [-0.4, -0.2) is 16.6 Å². The molecule has 0 spiro atoms. The fourth-order valence-corrected chi connectivity index (χ4v) is 5.23. The molecule has 2 aromatic rings. The van der Waals surface area contributed by atoms with Gasteiger partial charge in [0.05, 0.1) is 5.57 Å². The Balaban J connectivity index is 1.77. The second-order valence-corrected chi connectivity index (χ2v) is 8.89. The van der Waals surface area contributed by atoms with Crippen molar-refractivity contribution in [1.29, 1.82) is 0 Å². The van der Waals surface area contributed by atoms with Crippen molar-refractivity contribution in [1.82, 2.24) is 0 Å². The van der Waals surface area contributed by atoms with Crippen LogP contribution in [-0.2, 0) is 17.6 Å². The number of carbonyl (C=O) groups excluding carboxylic acids is 1. The van der Waals surface area contributed by atoms with Crippen molar-refractivity contribution in [2.24, 2.45) is 5.92 Å². The quantitative estimate of drug-likeness (QED) is 0.515. The third-order valence-corrected chi connectivity index (χ3v) is 6.68. The summed E-state index contributed by atoms with van der Waals surface area (Å²) in [7, 11) is 0. The first-order chi connectivity index (χ1) is 13.9. The average Bonchev–Trinajstić information content (AvgIpc) is 2.69. The summed E-state index contributed by atoms with van der Waals surface area (Å²) >= 11 is 1.47. The van der Waals surface area contributed by atoms with E-state index in [1.165, 1.54) is 23.4 Å². The number of aliphatic hydroxyl groups excluding tert-OH is 1. The molecular weight excluding hydrogens is 383 g/mol. The van der Waals surface area contributed by atoms with Crippen molar-refractivity contribution in [2.45, 2.75) is 57.8 Å². The molecule has 3 rings (SSSR count). The zero-order valence-corrected chi connectivity index (χ0v) is 18.2. The molecule has 0 fully saturated rings. The smallest absolute Gasteiger partial charge is 0.167 e. The minimum absolute atomic E-state index is 0.0305. The molecule has 0 heterocycles. The Morgan fingerprint density at radius 3 is 2.34 bits per heavy atom. The zero-order valence-electron chi connectivity index (χ0n) is 17.4. The van der Waals surface area contributed by atoms with Crippen LogP contribution in [0.5, 0.6) is 0 Å². The van der Waals surface area contributed by atoms with Gasteiger partial charge in [0.1, 0.15) is 11.6 Å². The number of hydrogen-bond acceptors (Lipinski definition) is 3. The molecule has 0 radical (unpaired) electrons. The lowest BCUT2D eigenvalue weighted by molar-refractivity contribution is -0.115. The van der Waals surface area contributed by atoms with Crippen LogP contribution in [0, 0.1) is 18.7 Å². The number of benzene rings is 2. The second-order valence-electron chi connectivity index (χ2n) is 7.75. The lowest BCUT2D eigenvalue weighted by atomic mass is 9.79. The van der Waals surface area contributed by atoms with Crippen LogP contribution < -0.4 is 0 Å². The number of halogens is 1. The maximum absolute atomic E-state index is 13.8. The van der Waals surface area contributed by atoms with E-state index in [-0.39, 0.29) is 23.3 Å². The fourth-order valence-electron chi connectivity index (χ4n) is 4.18. The maximum atomic E-state index is 13.8. The van der Waals surface area contributed by atoms with E-state index in [0.29, 0.717) is 23.3 Å². The van der Waals surface area contributed by atoms with Gasteiger partial charge in [-0.05, 0) is 66.7 Å². The highest BCUT2D eigenvalue weighted by Crippen LogP contribution is 2.38. The predicted molar refractivity (Wildman–Crippen MR) is 119 cm³/mol. The SMILES string of the molecule is CCc1cc(C)cc(CC)c1C1=C(O)CC(CCSc2ccccc2F)CC1=O. The number of ketones is 1. The van der Waals surface area contributed by atoms with Gasteiger partial charge in [-0.25, -0.2) is 4.39 Å². The number of aryl methyl sites for hydroxylation is 3. The molecule has 4 heteroatoms. The van der Waals surface area contributed by atoms with Gasteiger partial charge in [-0.2, -0.15) is 0 Å². The van der Waals surface area contributed by atoms with Crippen LogP contribution in [0.25, 0.3) is 5.57 Å². The third-order valence-electron chi connectivity index (χ3n) is 5.60. The molecule has 1 atom stereocenters. The Hall–Kier alpha value is -2.07. The van der Waals surface area contributed by atoms with E-state index in [0.717, 1.165) is 41.7 Å². The zero-order chi connectivity index (χ0) is 21.0. The number of hydrogen-bond donors (Lipinski definition) is 1. The standard InChI is InChI=1S/C25H29FO2S/c1-4-18-12-16(3)13-19(5-2)24(18)25-21(27)14-17(15-22(25)28)10-11-29-23-9-7-6-8-20(23)26/h6-9,12-13,17,27H,4-5,10-11,14-15H2,1-3H3. The Bertz CT molecular complexity index is 907. The topological polar surface area (TPSA) is 37.3 Å². The summed E-state index contributed by atoms with van der Waals surface area (Å²) in [6.45, 7) is 6.25. The molecule has 2 nitrogen and oxygen atoms in total. The lowest BCUT2D eigenvalue weighted by Crippen LogP contribution is -2.21. The Labute approximate surface area is 177 Å². The molecular formula is C25H29FO2S. The van der Waals surface area contributed by atoms with Crippen molar-refractivity contribution in [3.63, 3.8) is 0 Å². The van der Waals surface area contributed by atoms with E-state index in [2.05, 4.69) is 32.9 Å². The van der Waals surface area contributed by atoms with Crippen LogP contribution in [0.3, 0.4) is 0 Å². The molecule has 154 valence electrons. The van der Waals surface area contributed by atoms with Crippen molar-refractivity contribution < 1.29 is 14.3 Å². The Morgan fingerprint density at radius 2 is 1.76 bits per heavy atom. The summed E-state index contributed by atoms with van der Waals surface area (Å²) in [5.74, 6) is 0.872. The van der Waals surface area contributed by atoms with Crippen molar-refractivity contribution in [3.05, 3.63) is 70.2 Å². The summed E-state index contributed by atoms with van der Waals surface area (Å²) in [6, 6.07) is 11.0. The first-order valence-corrected chi connectivity index (χ1v) is 11.4. The van der Waals surface area contributed by atoms with Gasteiger partial charge in [-0.15, -0.1) is 11.8 Å². The van der Waals surface area contributed by atoms with Gasteiger partial charge >= 0.3 is 0 Å². The number of thioether (sulfide) groups is 1. The molecule has 0 bridgehead atoms. The van der Waals surface area contributed by atoms with Crippen LogP contribution >= 0.6 is 11.8 Å². The summed E-state index contributed by atoms with van der Waals surface area (Å²) in [4.78, 5) is 13.7.